The van der Waals surface area contributed by atoms with Crippen molar-refractivity contribution in [3.63, 3.8) is 0 Å². The molecule has 0 radical (unpaired) electrons. The Balaban J connectivity index is 2.00. The van der Waals surface area contributed by atoms with E-state index in [0.717, 1.165) is 14.3 Å². The maximum atomic E-state index is 10.5. The van der Waals surface area contributed by atoms with Crippen molar-refractivity contribution in [2.75, 3.05) is 14.2 Å². The molecule has 0 aliphatic rings. The van der Waals surface area contributed by atoms with Crippen molar-refractivity contribution in [3.05, 3.63) is 34.3 Å². The fourth-order valence-electron chi connectivity index (χ4n) is 1.86. The number of nitrogens with zero attached hydrogens (tertiary/aromatic N) is 2. The minimum Gasteiger partial charge on any atom is -0.480 e. The molecule has 7 heteroatoms. The van der Waals surface area contributed by atoms with Crippen LogP contribution in [0.4, 0.5) is 0 Å². The second-order valence-electron chi connectivity index (χ2n) is 4.01. The predicted molar refractivity (Wildman–Crippen MR) is 78.9 cm³/mol. The van der Waals surface area contributed by atoms with Gasteiger partial charge in [0.2, 0.25) is 11.8 Å². The van der Waals surface area contributed by atoms with Crippen LogP contribution in [0.15, 0.2) is 23.7 Å². The van der Waals surface area contributed by atoms with Crippen molar-refractivity contribution < 1.29 is 14.6 Å². The van der Waals surface area contributed by atoms with Crippen LogP contribution in [0.25, 0.3) is 9.40 Å². The maximum Gasteiger partial charge on any atom is 0.241 e. The van der Waals surface area contributed by atoms with Crippen LogP contribution in [0.5, 0.6) is 11.8 Å². The SMILES string of the molecule is COc1cnc(C(O)c2cc3sccc3s2)c(OC)n1. The Morgan fingerprint density at radius 1 is 1.25 bits per heavy atom. The number of rotatable bonds is 4. The molecule has 0 spiro atoms. The standard InChI is InChI=1S/C13H12N2O3S2/c1-17-10-6-14-11(13(15-10)18-2)12(16)9-5-8-7(20-9)3-4-19-8/h3-6,12,16H,1-2H3. The van der Waals surface area contributed by atoms with Crippen LogP contribution in [-0.2, 0) is 0 Å². The largest absolute Gasteiger partial charge is 0.480 e. The molecular weight excluding hydrogens is 296 g/mol. The van der Waals surface area contributed by atoms with Gasteiger partial charge in [0.25, 0.3) is 0 Å². The van der Waals surface area contributed by atoms with E-state index >= 15 is 0 Å². The Hall–Kier alpha value is -1.70. The molecule has 5 nitrogen and oxygen atoms in total. The minimum absolute atomic E-state index is 0.272. The molecule has 1 unspecified atom stereocenters. The topological polar surface area (TPSA) is 64.5 Å². The van der Waals surface area contributed by atoms with Gasteiger partial charge in [0.05, 0.1) is 20.4 Å². The van der Waals surface area contributed by atoms with Crippen molar-refractivity contribution in [3.8, 4) is 11.8 Å². The van der Waals surface area contributed by atoms with E-state index in [1.807, 2.05) is 17.5 Å². The number of aromatic nitrogens is 2. The van der Waals surface area contributed by atoms with Crippen molar-refractivity contribution in [1.82, 2.24) is 9.97 Å². The van der Waals surface area contributed by atoms with Crippen molar-refractivity contribution in [2.45, 2.75) is 6.10 Å². The number of hydrogen-bond acceptors (Lipinski definition) is 7. The van der Waals surface area contributed by atoms with Gasteiger partial charge in [-0.1, -0.05) is 0 Å². The lowest BCUT2D eigenvalue weighted by molar-refractivity contribution is 0.210. The molecule has 3 aromatic rings. The van der Waals surface area contributed by atoms with Gasteiger partial charge in [-0.15, -0.1) is 22.7 Å². The highest BCUT2D eigenvalue weighted by molar-refractivity contribution is 7.26. The van der Waals surface area contributed by atoms with Crippen molar-refractivity contribution >= 4 is 32.1 Å². The molecule has 1 atom stereocenters. The summed E-state index contributed by atoms with van der Waals surface area (Å²) in [6.07, 6.45) is 0.616. The summed E-state index contributed by atoms with van der Waals surface area (Å²) in [6, 6.07) is 4.01. The van der Waals surface area contributed by atoms with Crippen LogP contribution in [0, 0.1) is 0 Å². The molecular formula is C13H12N2O3S2. The first kappa shape index (κ1) is 13.3. The third-order valence-corrected chi connectivity index (χ3v) is 4.98. The van der Waals surface area contributed by atoms with Gasteiger partial charge in [-0.2, -0.15) is 4.98 Å². The lowest BCUT2D eigenvalue weighted by Crippen LogP contribution is -2.06. The Kier molecular flexibility index (Phi) is 3.56. The summed E-state index contributed by atoms with van der Waals surface area (Å²) in [5.74, 6) is 0.624. The van der Waals surface area contributed by atoms with Gasteiger partial charge in [-0.25, -0.2) is 4.98 Å². The van der Waals surface area contributed by atoms with Gasteiger partial charge in [0.1, 0.15) is 11.8 Å². The molecule has 0 saturated heterocycles. The van der Waals surface area contributed by atoms with Gasteiger partial charge in [-0.05, 0) is 17.5 Å². The quantitative estimate of drug-likeness (QED) is 0.803. The number of hydrogen-bond donors (Lipinski definition) is 1. The molecule has 3 rings (SSSR count). The summed E-state index contributed by atoms with van der Waals surface area (Å²) < 4.78 is 12.5. The Morgan fingerprint density at radius 3 is 2.80 bits per heavy atom. The van der Waals surface area contributed by atoms with Gasteiger partial charge in [0, 0.05) is 14.3 Å². The molecule has 0 aromatic carbocycles. The van der Waals surface area contributed by atoms with Gasteiger partial charge in [-0.3, -0.25) is 0 Å². The van der Waals surface area contributed by atoms with Crippen LogP contribution in [0.2, 0.25) is 0 Å². The fourth-order valence-corrected chi connectivity index (χ4v) is 3.97. The normalized spacial score (nSPS) is 12.6. The highest BCUT2D eigenvalue weighted by Gasteiger charge is 2.21. The number of thiophene rings is 2. The molecule has 104 valence electrons. The fraction of sp³-hybridized carbons (Fsp3) is 0.231. The van der Waals surface area contributed by atoms with Crippen molar-refractivity contribution in [1.29, 1.82) is 0 Å². The zero-order chi connectivity index (χ0) is 14.1. The second kappa shape index (κ2) is 5.35. The first-order valence-electron chi connectivity index (χ1n) is 5.83. The van der Waals surface area contributed by atoms with E-state index < -0.39 is 6.10 Å². The third kappa shape index (κ3) is 2.24. The molecule has 3 heterocycles. The molecule has 0 aliphatic carbocycles. The molecule has 3 aromatic heterocycles. The van der Waals surface area contributed by atoms with E-state index in [-0.39, 0.29) is 5.88 Å². The van der Waals surface area contributed by atoms with Crippen LogP contribution < -0.4 is 9.47 Å². The summed E-state index contributed by atoms with van der Waals surface area (Å²) in [5.41, 5.74) is 0.391. The van der Waals surface area contributed by atoms with Gasteiger partial charge < -0.3 is 14.6 Å². The summed E-state index contributed by atoms with van der Waals surface area (Å²) in [5, 5.41) is 12.5. The number of aliphatic hydroxyl groups is 1. The van der Waals surface area contributed by atoms with Crippen LogP contribution in [-0.4, -0.2) is 29.3 Å². The van der Waals surface area contributed by atoms with Crippen LogP contribution in [0.3, 0.4) is 0 Å². The average molecular weight is 308 g/mol. The summed E-state index contributed by atoms with van der Waals surface area (Å²) in [7, 11) is 3.00. The Labute approximate surface area is 123 Å². The molecule has 0 aliphatic heterocycles. The van der Waals surface area contributed by atoms with Crippen LogP contribution in [0.1, 0.15) is 16.7 Å². The van der Waals surface area contributed by atoms with E-state index in [9.17, 15) is 5.11 Å². The number of aliphatic hydroxyl groups excluding tert-OH is 1. The van der Waals surface area contributed by atoms with E-state index in [4.69, 9.17) is 9.47 Å². The zero-order valence-corrected chi connectivity index (χ0v) is 12.5. The average Bonchev–Trinajstić information content (AvgIpc) is 3.07. The first-order valence-corrected chi connectivity index (χ1v) is 7.52. The summed E-state index contributed by atoms with van der Waals surface area (Å²) in [4.78, 5) is 9.16. The zero-order valence-electron chi connectivity index (χ0n) is 10.9. The van der Waals surface area contributed by atoms with E-state index in [1.165, 1.54) is 20.4 Å². The molecule has 1 N–H and O–H groups in total. The van der Waals surface area contributed by atoms with Crippen molar-refractivity contribution in [2.24, 2.45) is 0 Å². The number of fused-ring (bicyclic) bond motifs is 1. The third-order valence-electron chi connectivity index (χ3n) is 2.83. The molecule has 0 amide bonds. The Morgan fingerprint density at radius 2 is 2.10 bits per heavy atom. The summed E-state index contributed by atoms with van der Waals surface area (Å²) in [6.45, 7) is 0. The molecule has 20 heavy (non-hydrogen) atoms. The lowest BCUT2D eigenvalue weighted by atomic mass is 10.2. The van der Waals surface area contributed by atoms with E-state index in [0.29, 0.717) is 11.6 Å². The Bertz CT molecular complexity index is 710. The predicted octanol–water partition coefficient (Wildman–Crippen LogP) is 2.85. The summed E-state index contributed by atoms with van der Waals surface area (Å²) >= 11 is 3.19. The van der Waals surface area contributed by atoms with Crippen LogP contribution >= 0.6 is 22.7 Å². The number of ether oxygens (including phenoxy) is 2. The molecule has 0 fully saturated rings. The maximum absolute atomic E-state index is 10.5. The minimum atomic E-state index is -0.854. The molecule has 0 saturated carbocycles. The highest BCUT2D eigenvalue weighted by atomic mass is 32.1. The monoisotopic (exact) mass is 308 g/mol. The number of methoxy groups -OCH3 is 2. The van der Waals surface area contributed by atoms with E-state index in [1.54, 1.807) is 22.7 Å². The van der Waals surface area contributed by atoms with Gasteiger partial charge in [0.15, 0.2) is 0 Å². The highest BCUT2D eigenvalue weighted by Crippen LogP contribution is 2.37. The lowest BCUT2D eigenvalue weighted by Gasteiger charge is -2.12. The van der Waals surface area contributed by atoms with Gasteiger partial charge >= 0.3 is 0 Å². The first-order chi connectivity index (χ1) is 9.72. The van der Waals surface area contributed by atoms with E-state index in [2.05, 4.69) is 9.97 Å². The second-order valence-corrected chi connectivity index (χ2v) is 6.07. The smallest absolute Gasteiger partial charge is 0.241 e. The molecule has 0 bridgehead atoms.